The summed E-state index contributed by atoms with van der Waals surface area (Å²) in [4.78, 5) is 10.8. The van der Waals surface area contributed by atoms with Crippen LogP contribution in [-0.4, -0.2) is 18.1 Å². The van der Waals surface area contributed by atoms with Crippen LogP contribution in [0.3, 0.4) is 0 Å². The molecule has 0 aliphatic heterocycles. The molecule has 0 spiro atoms. The molecule has 0 amide bonds. The Morgan fingerprint density at radius 3 is 2.60 bits per heavy atom. The molecule has 0 radical (unpaired) electrons. The summed E-state index contributed by atoms with van der Waals surface area (Å²) in [6.07, 6.45) is 6.88. The minimum atomic E-state index is -0.356. The van der Waals surface area contributed by atoms with Crippen LogP contribution in [0.1, 0.15) is 44.1 Å². The van der Waals surface area contributed by atoms with E-state index in [9.17, 15) is 10.1 Å². The highest BCUT2D eigenvalue weighted by Gasteiger charge is 2.20. The molecule has 110 valence electrons. The number of nitrogens with one attached hydrogen (secondary N) is 1. The average molecular weight is 278 g/mol. The summed E-state index contributed by atoms with van der Waals surface area (Å²) in [6, 6.07) is 5.22. The number of rotatable bonds is 5. The largest absolute Gasteiger partial charge is 0.484 e. The van der Waals surface area contributed by atoms with Crippen LogP contribution < -0.4 is 10.1 Å². The zero-order valence-electron chi connectivity index (χ0n) is 11.9. The first-order valence-corrected chi connectivity index (χ1v) is 7.29. The van der Waals surface area contributed by atoms with Gasteiger partial charge < -0.3 is 10.1 Å². The monoisotopic (exact) mass is 278 g/mol. The molecule has 5 nitrogen and oxygen atoms in total. The summed E-state index contributed by atoms with van der Waals surface area (Å²) in [7, 11) is 1.82. The van der Waals surface area contributed by atoms with Gasteiger partial charge in [-0.3, -0.25) is 10.1 Å². The van der Waals surface area contributed by atoms with Crippen molar-refractivity contribution in [1.82, 2.24) is 5.32 Å². The van der Waals surface area contributed by atoms with Gasteiger partial charge in [0.25, 0.3) is 0 Å². The first kappa shape index (κ1) is 14.8. The summed E-state index contributed by atoms with van der Waals surface area (Å²) < 4.78 is 5.90. The number of nitro benzene ring substituents is 1. The maximum absolute atomic E-state index is 11.2. The van der Waals surface area contributed by atoms with Gasteiger partial charge in [0.2, 0.25) is 0 Å². The van der Waals surface area contributed by atoms with Gasteiger partial charge in [-0.2, -0.15) is 0 Å². The fourth-order valence-corrected chi connectivity index (χ4v) is 2.66. The predicted octanol–water partition coefficient (Wildman–Crippen LogP) is 3.42. The molecule has 0 atom stereocenters. The summed E-state index contributed by atoms with van der Waals surface area (Å²) in [6.45, 7) is 0.616. The third-order valence-electron chi connectivity index (χ3n) is 3.70. The Morgan fingerprint density at radius 2 is 2.00 bits per heavy atom. The second-order valence-electron chi connectivity index (χ2n) is 5.32. The highest BCUT2D eigenvalue weighted by atomic mass is 16.6. The summed E-state index contributed by atoms with van der Waals surface area (Å²) >= 11 is 0. The number of benzene rings is 1. The molecule has 0 aromatic heterocycles. The van der Waals surface area contributed by atoms with Crippen LogP contribution in [0, 0.1) is 10.1 Å². The van der Waals surface area contributed by atoms with Gasteiger partial charge in [0, 0.05) is 12.6 Å². The molecule has 1 fully saturated rings. The SMILES string of the molecule is CNCc1ccc(OC2CCCCCC2)c([N+](=O)[O-])c1. The second-order valence-corrected chi connectivity index (χ2v) is 5.32. The van der Waals surface area contributed by atoms with Crippen molar-refractivity contribution in [2.24, 2.45) is 0 Å². The van der Waals surface area contributed by atoms with E-state index in [4.69, 9.17) is 4.74 Å². The van der Waals surface area contributed by atoms with Gasteiger partial charge in [-0.05, 0) is 44.4 Å². The lowest BCUT2D eigenvalue weighted by atomic mass is 10.1. The summed E-state index contributed by atoms with van der Waals surface area (Å²) in [5.74, 6) is 0.404. The molecule has 0 unspecified atom stereocenters. The van der Waals surface area contributed by atoms with Crippen LogP contribution in [0.25, 0.3) is 0 Å². The first-order chi connectivity index (χ1) is 9.70. The maximum atomic E-state index is 11.2. The van der Waals surface area contributed by atoms with E-state index in [2.05, 4.69) is 5.32 Å². The molecule has 1 aromatic rings. The molecule has 0 heterocycles. The van der Waals surface area contributed by atoms with Crippen molar-refractivity contribution in [3.63, 3.8) is 0 Å². The van der Waals surface area contributed by atoms with E-state index in [1.165, 1.54) is 12.8 Å². The second kappa shape index (κ2) is 7.24. The van der Waals surface area contributed by atoms with Crippen LogP contribution in [-0.2, 0) is 6.54 Å². The van der Waals surface area contributed by atoms with Crippen molar-refractivity contribution in [1.29, 1.82) is 0 Å². The zero-order valence-corrected chi connectivity index (χ0v) is 11.9. The summed E-state index contributed by atoms with van der Waals surface area (Å²) in [5, 5.41) is 14.2. The minimum Gasteiger partial charge on any atom is -0.484 e. The van der Waals surface area contributed by atoms with E-state index >= 15 is 0 Å². The number of nitro groups is 1. The molecule has 1 saturated carbocycles. The molecule has 2 rings (SSSR count). The molecular formula is C15H22N2O3. The van der Waals surface area contributed by atoms with Crippen LogP contribution >= 0.6 is 0 Å². The zero-order chi connectivity index (χ0) is 14.4. The van der Waals surface area contributed by atoms with E-state index in [0.29, 0.717) is 12.3 Å². The van der Waals surface area contributed by atoms with Crippen molar-refractivity contribution < 1.29 is 9.66 Å². The van der Waals surface area contributed by atoms with E-state index in [1.807, 2.05) is 13.1 Å². The van der Waals surface area contributed by atoms with Gasteiger partial charge in [0.1, 0.15) is 0 Å². The predicted molar refractivity (Wildman–Crippen MR) is 78.0 cm³/mol. The Hall–Kier alpha value is -1.62. The van der Waals surface area contributed by atoms with E-state index in [0.717, 1.165) is 31.2 Å². The Labute approximate surface area is 119 Å². The quantitative estimate of drug-likeness (QED) is 0.509. The molecule has 20 heavy (non-hydrogen) atoms. The Kier molecular flexibility index (Phi) is 5.35. The molecule has 1 aliphatic carbocycles. The van der Waals surface area contributed by atoms with Crippen LogP contribution in [0.15, 0.2) is 18.2 Å². The average Bonchev–Trinajstić information content (AvgIpc) is 2.69. The van der Waals surface area contributed by atoms with Crippen LogP contribution in [0.5, 0.6) is 5.75 Å². The van der Waals surface area contributed by atoms with Crippen LogP contribution in [0.2, 0.25) is 0 Å². The molecule has 0 bridgehead atoms. The van der Waals surface area contributed by atoms with Gasteiger partial charge in [-0.1, -0.05) is 18.9 Å². The van der Waals surface area contributed by atoms with Crippen molar-refractivity contribution in [3.8, 4) is 5.75 Å². The van der Waals surface area contributed by atoms with E-state index < -0.39 is 0 Å². The third-order valence-corrected chi connectivity index (χ3v) is 3.70. The lowest BCUT2D eigenvalue weighted by Crippen LogP contribution is -2.16. The third kappa shape index (κ3) is 3.93. The lowest BCUT2D eigenvalue weighted by molar-refractivity contribution is -0.386. The normalized spacial score (nSPS) is 16.6. The number of ether oxygens (including phenoxy) is 1. The van der Waals surface area contributed by atoms with Gasteiger partial charge >= 0.3 is 5.69 Å². The highest BCUT2D eigenvalue weighted by molar-refractivity contribution is 5.48. The van der Waals surface area contributed by atoms with Gasteiger partial charge in [-0.25, -0.2) is 0 Å². The van der Waals surface area contributed by atoms with E-state index in [1.54, 1.807) is 12.1 Å². The van der Waals surface area contributed by atoms with Crippen LogP contribution in [0.4, 0.5) is 5.69 Å². The molecule has 0 saturated heterocycles. The maximum Gasteiger partial charge on any atom is 0.311 e. The lowest BCUT2D eigenvalue weighted by Gasteiger charge is -2.17. The number of nitrogens with zero attached hydrogens (tertiary/aromatic N) is 1. The molecular weight excluding hydrogens is 256 g/mol. The Morgan fingerprint density at radius 1 is 1.30 bits per heavy atom. The highest BCUT2D eigenvalue weighted by Crippen LogP contribution is 2.31. The van der Waals surface area contributed by atoms with Crippen molar-refractivity contribution >= 4 is 5.69 Å². The van der Waals surface area contributed by atoms with Crippen molar-refractivity contribution in [3.05, 3.63) is 33.9 Å². The fourth-order valence-electron chi connectivity index (χ4n) is 2.66. The van der Waals surface area contributed by atoms with E-state index in [-0.39, 0.29) is 16.7 Å². The summed E-state index contributed by atoms with van der Waals surface area (Å²) in [5.41, 5.74) is 0.967. The smallest absolute Gasteiger partial charge is 0.311 e. The number of hydrogen-bond donors (Lipinski definition) is 1. The van der Waals surface area contributed by atoms with Crippen molar-refractivity contribution in [2.45, 2.75) is 51.2 Å². The first-order valence-electron chi connectivity index (χ1n) is 7.29. The number of hydrogen-bond acceptors (Lipinski definition) is 4. The van der Waals surface area contributed by atoms with Crippen molar-refractivity contribution in [2.75, 3.05) is 7.05 Å². The Balaban J connectivity index is 2.14. The standard InChI is InChI=1S/C15H22N2O3/c1-16-11-12-8-9-15(14(10-12)17(18)19)20-13-6-4-2-3-5-7-13/h8-10,13,16H,2-7,11H2,1H3. The molecule has 1 N–H and O–H groups in total. The fraction of sp³-hybridized carbons (Fsp3) is 0.600. The molecule has 1 aromatic carbocycles. The minimum absolute atomic E-state index is 0.0713. The topological polar surface area (TPSA) is 64.4 Å². The molecule has 1 aliphatic rings. The van der Waals surface area contributed by atoms with Gasteiger partial charge in [-0.15, -0.1) is 0 Å². The molecule has 5 heteroatoms. The van der Waals surface area contributed by atoms with Gasteiger partial charge in [0.05, 0.1) is 11.0 Å². The van der Waals surface area contributed by atoms with Gasteiger partial charge in [0.15, 0.2) is 5.75 Å². The Bertz CT molecular complexity index is 454.